The van der Waals surface area contributed by atoms with Crippen LogP contribution in [0.25, 0.3) is 0 Å². The summed E-state index contributed by atoms with van der Waals surface area (Å²) in [5.74, 6) is 0. The lowest BCUT2D eigenvalue weighted by atomic mass is 10.0. The van der Waals surface area contributed by atoms with Crippen molar-refractivity contribution in [3.05, 3.63) is 70.3 Å². The number of allylic oxidation sites excluding steroid dienone is 3. The van der Waals surface area contributed by atoms with E-state index in [1.807, 2.05) is 6.08 Å². The second-order valence-electron chi connectivity index (χ2n) is 6.63. The third-order valence-corrected chi connectivity index (χ3v) is 4.70. The van der Waals surface area contributed by atoms with E-state index in [0.717, 1.165) is 36.8 Å². The van der Waals surface area contributed by atoms with Gasteiger partial charge in [0.2, 0.25) is 0 Å². The van der Waals surface area contributed by atoms with Crippen molar-refractivity contribution < 1.29 is 0 Å². The maximum Gasteiger partial charge on any atom is 0.0175 e. The van der Waals surface area contributed by atoms with Crippen molar-refractivity contribution >= 4 is 15.9 Å². The molecule has 0 heterocycles. The predicted molar refractivity (Wildman–Crippen MR) is 112 cm³/mol. The van der Waals surface area contributed by atoms with Crippen molar-refractivity contribution in [1.29, 1.82) is 0 Å². The van der Waals surface area contributed by atoms with Crippen molar-refractivity contribution in [1.82, 2.24) is 4.90 Å². The molecule has 1 rings (SSSR count). The summed E-state index contributed by atoms with van der Waals surface area (Å²) in [5.41, 5.74) is 4.42. The number of hydrogen-bond acceptors (Lipinski definition) is 1. The Morgan fingerprint density at radius 2 is 1.71 bits per heavy atom. The molecule has 0 aliphatic rings. The van der Waals surface area contributed by atoms with Crippen LogP contribution in [-0.2, 0) is 6.42 Å². The predicted octanol–water partition coefficient (Wildman–Crippen LogP) is 6.56. The van der Waals surface area contributed by atoms with E-state index in [1.165, 1.54) is 29.6 Å². The van der Waals surface area contributed by atoms with Crippen LogP contribution in [0.4, 0.5) is 0 Å². The van der Waals surface area contributed by atoms with Gasteiger partial charge in [-0.1, -0.05) is 57.4 Å². The molecular weight excluding hydrogens is 358 g/mol. The second-order valence-corrected chi connectivity index (χ2v) is 7.55. The lowest BCUT2D eigenvalue weighted by Crippen LogP contribution is -2.18. The number of hydrogen-bond donors (Lipinski definition) is 0. The van der Waals surface area contributed by atoms with E-state index >= 15 is 0 Å². The number of likely N-dealkylation sites (N-methyl/N-ethyl adjacent to an activating group) is 1. The largest absolute Gasteiger partial charge is 0.299 e. The van der Waals surface area contributed by atoms with Gasteiger partial charge in [0.05, 0.1) is 0 Å². The van der Waals surface area contributed by atoms with Crippen LogP contribution in [-0.4, -0.2) is 25.0 Å². The summed E-state index contributed by atoms with van der Waals surface area (Å²) < 4.78 is 1.15. The second kappa shape index (κ2) is 12.3. The van der Waals surface area contributed by atoms with Crippen LogP contribution < -0.4 is 0 Å². The van der Waals surface area contributed by atoms with Crippen LogP contribution in [0, 0.1) is 0 Å². The monoisotopic (exact) mass is 389 g/mol. The first-order chi connectivity index (χ1) is 11.5. The summed E-state index contributed by atoms with van der Waals surface area (Å²) >= 11 is 3.48. The van der Waals surface area contributed by atoms with Crippen LogP contribution in [0.2, 0.25) is 0 Å². The number of rotatable bonds is 11. The molecule has 0 spiro atoms. The number of aryl methyl sites for hydroxylation is 1. The molecule has 1 aromatic carbocycles. The lowest BCUT2D eigenvalue weighted by molar-refractivity contribution is 0.411. The molecule has 0 amide bonds. The van der Waals surface area contributed by atoms with Gasteiger partial charge >= 0.3 is 0 Å². The van der Waals surface area contributed by atoms with Gasteiger partial charge in [-0.3, -0.25) is 4.90 Å². The Labute approximate surface area is 157 Å². The zero-order chi connectivity index (χ0) is 17.8. The summed E-state index contributed by atoms with van der Waals surface area (Å²) in [5, 5.41) is 0. The summed E-state index contributed by atoms with van der Waals surface area (Å²) in [6, 6.07) is 8.67. The van der Waals surface area contributed by atoms with Crippen LogP contribution in [0.1, 0.15) is 45.1 Å². The molecule has 1 aromatic rings. The molecule has 0 unspecified atom stereocenters. The van der Waals surface area contributed by atoms with Gasteiger partial charge < -0.3 is 0 Å². The zero-order valence-corrected chi connectivity index (χ0v) is 17.1. The van der Waals surface area contributed by atoms with Gasteiger partial charge in [0.25, 0.3) is 0 Å². The van der Waals surface area contributed by atoms with Crippen molar-refractivity contribution in [3.63, 3.8) is 0 Å². The third kappa shape index (κ3) is 9.89. The van der Waals surface area contributed by atoms with E-state index in [-0.39, 0.29) is 0 Å². The highest BCUT2D eigenvalue weighted by Crippen LogP contribution is 2.15. The van der Waals surface area contributed by atoms with Crippen molar-refractivity contribution in [2.24, 2.45) is 0 Å². The van der Waals surface area contributed by atoms with Gasteiger partial charge in [0.1, 0.15) is 0 Å². The maximum absolute atomic E-state index is 3.77. The average Bonchev–Trinajstić information content (AvgIpc) is 2.55. The summed E-state index contributed by atoms with van der Waals surface area (Å²) in [7, 11) is 2.13. The highest BCUT2D eigenvalue weighted by molar-refractivity contribution is 9.10. The summed E-state index contributed by atoms with van der Waals surface area (Å²) in [4.78, 5) is 2.26. The van der Waals surface area contributed by atoms with Crippen LogP contribution in [0.15, 0.2) is 64.7 Å². The molecule has 0 aliphatic heterocycles. The quantitative estimate of drug-likeness (QED) is 0.387. The Morgan fingerprint density at radius 3 is 2.38 bits per heavy atom. The molecule has 0 radical (unpaired) electrons. The van der Waals surface area contributed by atoms with Crippen LogP contribution in [0.5, 0.6) is 0 Å². The number of nitrogens with zero attached hydrogens (tertiary/aromatic N) is 1. The van der Waals surface area contributed by atoms with Gasteiger partial charge in [0, 0.05) is 17.6 Å². The first kappa shape index (κ1) is 20.9. The Bertz CT molecular complexity index is 540. The zero-order valence-electron chi connectivity index (χ0n) is 15.5. The third-order valence-electron chi connectivity index (χ3n) is 4.17. The molecule has 0 saturated carbocycles. The first-order valence-corrected chi connectivity index (χ1v) is 9.65. The normalized spacial score (nSPS) is 12.7. The molecule has 1 nitrogen and oxygen atoms in total. The number of halogens is 1. The SMILES string of the molecule is C=CCN(C)C/C=C(\C)CC/C=C(\C)CCCc1ccc(Br)cc1. The van der Waals surface area contributed by atoms with Gasteiger partial charge in [-0.25, -0.2) is 0 Å². The fourth-order valence-corrected chi connectivity index (χ4v) is 2.84. The number of benzene rings is 1. The average molecular weight is 390 g/mol. The summed E-state index contributed by atoms with van der Waals surface area (Å²) in [6.45, 7) is 10.2. The Morgan fingerprint density at radius 1 is 1.04 bits per heavy atom. The van der Waals surface area contributed by atoms with E-state index in [9.17, 15) is 0 Å². The molecule has 132 valence electrons. The van der Waals surface area contributed by atoms with Gasteiger partial charge in [-0.05, 0) is 70.7 Å². The maximum atomic E-state index is 3.77. The van der Waals surface area contributed by atoms with Gasteiger partial charge in [-0.15, -0.1) is 6.58 Å². The molecule has 0 atom stereocenters. The fourth-order valence-electron chi connectivity index (χ4n) is 2.58. The van der Waals surface area contributed by atoms with Crippen LogP contribution >= 0.6 is 15.9 Å². The minimum absolute atomic E-state index is 0.946. The van der Waals surface area contributed by atoms with Crippen LogP contribution in [0.3, 0.4) is 0 Å². The Kier molecular flexibility index (Phi) is 10.7. The van der Waals surface area contributed by atoms with Gasteiger partial charge in [0.15, 0.2) is 0 Å². The first-order valence-electron chi connectivity index (χ1n) is 8.86. The molecule has 0 saturated heterocycles. The van der Waals surface area contributed by atoms with E-state index in [0.29, 0.717) is 0 Å². The Hall–Kier alpha value is -1.12. The molecule has 0 N–H and O–H groups in total. The molecule has 0 fully saturated rings. The van der Waals surface area contributed by atoms with E-state index in [4.69, 9.17) is 0 Å². The molecule has 0 aliphatic carbocycles. The van der Waals surface area contributed by atoms with Gasteiger partial charge in [-0.2, -0.15) is 0 Å². The topological polar surface area (TPSA) is 3.24 Å². The minimum Gasteiger partial charge on any atom is -0.299 e. The molecule has 0 aromatic heterocycles. The highest BCUT2D eigenvalue weighted by atomic mass is 79.9. The van der Waals surface area contributed by atoms with E-state index in [1.54, 1.807) is 0 Å². The molecular formula is C22H32BrN. The fraction of sp³-hybridized carbons (Fsp3) is 0.455. The standard InChI is InChI=1S/C22H32BrN/c1-5-17-24(4)18-16-20(3)9-6-8-19(2)10-7-11-21-12-14-22(23)15-13-21/h5,8,12-16H,1,6-7,9-11,17-18H2,2-4H3/b19-8+,20-16+. The van der Waals surface area contributed by atoms with E-state index < -0.39 is 0 Å². The summed E-state index contributed by atoms with van der Waals surface area (Å²) in [6.07, 6.45) is 12.6. The molecule has 2 heteroatoms. The van der Waals surface area contributed by atoms with Crippen molar-refractivity contribution in [2.75, 3.05) is 20.1 Å². The Balaban J connectivity index is 2.22. The van der Waals surface area contributed by atoms with Crippen molar-refractivity contribution in [3.8, 4) is 0 Å². The molecule has 24 heavy (non-hydrogen) atoms. The minimum atomic E-state index is 0.946. The van der Waals surface area contributed by atoms with Crippen molar-refractivity contribution in [2.45, 2.75) is 46.0 Å². The van der Waals surface area contributed by atoms with E-state index in [2.05, 4.69) is 84.7 Å². The highest BCUT2D eigenvalue weighted by Gasteiger charge is 1.97. The smallest absolute Gasteiger partial charge is 0.0175 e. The lowest BCUT2D eigenvalue weighted by Gasteiger charge is -2.11. The molecule has 0 bridgehead atoms.